The van der Waals surface area contributed by atoms with Crippen molar-refractivity contribution >= 4 is 29.1 Å². The maximum atomic E-state index is 13.0. The number of hydrogen-bond acceptors (Lipinski definition) is 4. The molecule has 0 saturated carbocycles. The number of carbonyl (C=O) groups is 3. The van der Waals surface area contributed by atoms with Crippen molar-refractivity contribution in [1.29, 1.82) is 0 Å². The molecule has 7 heteroatoms. The zero-order valence-corrected chi connectivity index (χ0v) is 17.1. The van der Waals surface area contributed by atoms with E-state index in [4.69, 9.17) is 0 Å². The van der Waals surface area contributed by atoms with E-state index in [-0.39, 0.29) is 30.1 Å². The minimum atomic E-state index is -0.286. The molecule has 2 aromatic rings. The van der Waals surface area contributed by atoms with Gasteiger partial charge in [0.2, 0.25) is 11.8 Å². The Morgan fingerprint density at radius 2 is 1.72 bits per heavy atom. The lowest BCUT2D eigenvalue weighted by molar-refractivity contribution is -0.135. The summed E-state index contributed by atoms with van der Waals surface area (Å²) in [5.74, 6) is -0.166. The summed E-state index contributed by atoms with van der Waals surface area (Å²) in [7, 11) is 0. The quantitative estimate of drug-likeness (QED) is 0.777. The molecule has 0 N–H and O–H groups in total. The van der Waals surface area contributed by atoms with Crippen LogP contribution in [0.25, 0.3) is 0 Å². The molecule has 1 unspecified atom stereocenters. The van der Waals surface area contributed by atoms with Gasteiger partial charge >= 0.3 is 0 Å². The van der Waals surface area contributed by atoms with Gasteiger partial charge in [-0.05, 0) is 23.4 Å². The van der Waals surface area contributed by atoms with Crippen LogP contribution in [0, 0.1) is 5.92 Å². The Labute approximate surface area is 174 Å². The van der Waals surface area contributed by atoms with Gasteiger partial charge in [0.05, 0.1) is 10.8 Å². The summed E-state index contributed by atoms with van der Waals surface area (Å²) >= 11 is 1.45. The van der Waals surface area contributed by atoms with Crippen LogP contribution in [0.2, 0.25) is 0 Å². The number of benzene rings is 1. The molecule has 6 nitrogen and oxygen atoms in total. The highest BCUT2D eigenvalue weighted by molar-refractivity contribution is 7.12. The molecule has 2 aliphatic rings. The second-order valence-corrected chi connectivity index (χ2v) is 8.56. The van der Waals surface area contributed by atoms with E-state index >= 15 is 0 Å². The van der Waals surface area contributed by atoms with Crippen molar-refractivity contribution < 1.29 is 14.4 Å². The average molecular weight is 412 g/mol. The largest absolute Gasteiger partial charge is 0.341 e. The van der Waals surface area contributed by atoms with Crippen molar-refractivity contribution in [3.05, 3.63) is 58.3 Å². The van der Waals surface area contributed by atoms with Gasteiger partial charge in [0.15, 0.2) is 0 Å². The molecule has 0 spiro atoms. The Hall–Kier alpha value is -2.67. The highest BCUT2D eigenvalue weighted by Crippen LogP contribution is 2.23. The first kappa shape index (κ1) is 19.6. The Bertz CT molecular complexity index is 869. The van der Waals surface area contributed by atoms with E-state index in [9.17, 15) is 14.4 Å². The molecule has 0 bridgehead atoms. The Balaban J connectivity index is 1.34. The molecular formula is C22H25N3O3S. The molecule has 1 aromatic carbocycles. The lowest BCUT2D eigenvalue weighted by atomic mass is 10.1. The fourth-order valence-electron chi connectivity index (χ4n) is 4.05. The van der Waals surface area contributed by atoms with E-state index in [1.165, 1.54) is 11.3 Å². The van der Waals surface area contributed by atoms with Crippen LogP contribution in [0.4, 0.5) is 0 Å². The van der Waals surface area contributed by atoms with E-state index < -0.39 is 0 Å². The van der Waals surface area contributed by atoms with Gasteiger partial charge < -0.3 is 14.7 Å². The second-order valence-electron chi connectivity index (χ2n) is 7.61. The molecule has 152 valence electrons. The van der Waals surface area contributed by atoms with Gasteiger partial charge in [-0.2, -0.15) is 0 Å². The SMILES string of the molecule is O=C1CC(C(=O)N2CCCN(C(=O)c3cccs3)CC2)CN1Cc1ccccc1. The van der Waals surface area contributed by atoms with E-state index in [0.29, 0.717) is 39.3 Å². The van der Waals surface area contributed by atoms with Crippen molar-refractivity contribution in [2.45, 2.75) is 19.4 Å². The van der Waals surface area contributed by atoms with Gasteiger partial charge in [0, 0.05) is 45.7 Å². The van der Waals surface area contributed by atoms with Crippen molar-refractivity contribution in [3.63, 3.8) is 0 Å². The predicted molar refractivity (Wildman–Crippen MR) is 111 cm³/mol. The maximum Gasteiger partial charge on any atom is 0.263 e. The van der Waals surface area contributed by atoms with E-state index in [2.05, 4.69) is 0 Å². The lowest BCUT2D eigenvalue weighted by Gasteiger charge is -2.24. The average Bonchev–Trinajstić information content (AvgIpc) is 3.32. The highest BCUT2D eigenvalue weighted by Gasteiger charge is 2.37. The molecular weight excluding hydrogens is 386 g/mol. The van der Waals surface area contributed by atoms with Crippen molar-refractivity contribution in [2.75, 3.05) is 32.7 Å². The number of amides is 3. The molecule has 2 aliphatic heterocycles. The topological polar surface area (TPSA) is 60.9 Å². The monoisotopic (exact) mass is 411 g/mol. The number of likely N-dealkylation sites (tertiary alicyclic amines) is 1. The highest BCUT2D eigenvalue weighted by atomic mass is 32.1. The molecule has 3 heterocycles. The van der Waals surface area contributed by atoms with Crippen LogP contribution in [0.5, 0.6) is 0 Å². The lowest BCUT2D eigenvalue weighted by Crippen LogP contribution is -2.40. The van der Waals surface area contributed by atoms with Crippen molar-refractivity contribution in [1.82, 2.24) is 14.7 Å². The number of hydrogen-bond donors (Lipinski definition) is 0. The van der Waals surface area contributed by atoms with E-state index in [1.54, 1.807) is 4.90 Å². The third-order valence-electron chi connectivity index (χ3n) is 5.61. The minimum absolute atomic E-state index is 0.0384. The van der Waals surface area contributed by atoms with Crippen LogP contribution < -0.4 is 0 Å². The molecule has 29 heavy (non-hydrogen) atoms. The third-order valence-corrected chi connectivity index (χ3v) is 6.46. The zero-order chi connectivity index (χ0) is 20.2. The number of thiophene rings is 1. The molecule has 0 radical (unpaired) electrons. The van der Waals surface area contributed by atoms with Crippen LogP contribution in [-0.4, -0.2) is 65.1 Å². The number of carbonyl (C=O) groups excluding carboxylic acids is 3. The van der Waals surface area contributed by atoms with Crippen LogP contribution in [0.3, 0.4) is 0 Å². The Morgan fingerprint density at radius 3 is 2.48 bits per heavy atom. The van der Waals surface area contributed by atoms with Gasteiger partial charge in [-0.1, -0.05) is 36.4 Å². The summed E-state index contributed by atoms with van der Waals surface area (Å²) in [6, 6.07) is 13.6. The molecule has 1 aromatic heterocycles. The fraction of sp³-hybridized carbons (Fsp3) is 0.409. The van der Waals surface area contributed by atoms with Gasteiger partial charge in [-0.25, -0.2) is 0 Å². The smallest absolute Gasteiger partial charge is 0.263 e. The molecule has 0 aliphatic carbocycles. The van der Waals surface area contributed by atoms with Crippen molar-refractivity contribution in [2.24, 2.45) is 5.92 Å². The van der Waals surface area contributed by atoms with Crippen LogP contribution in [0.1, 0.15) is 28.1 Å². The summed E-state index contributed by atoms with van der Waals surface area (Å²) in [5.41, 5.74) is 1.08. The van der Waals surface area contributed by atoms with E-state index in [1.807, 2.05) is 57.6 Å². The van der Waals surface area contributed by atoms with Gasteiger partial charge in [0.1, 0.15) is 0 Å². The fourth-order valence-corrected chi connectivity index (χ4v) is 4.74. The second kappa shape index (κ2) is 8.78. The molecule has 2 fully saturated rings. The Morgan fingerprint density at radius 1 is 0.966 bits per heavy atom. The van der Waals surface area contributed by atoms with Gasteiger partial charge in [-0.15, -0.1) is 11.3 Å². The van der Waals surface area contributed by atoms with Gasteiger partial charge in [0.25, 0.3) is 5.91 Å². The molecule has 1 atom stereocenters. The first-order chi connectivity index (χ1) is 14.1. The first-order valence-electron chi connectivity index (χ1n) is 10.0. The normalized spacial score (nSPS) is 20.1. The van der Waals surface area contributed by atoms with Crippen LogP contribution >= 0.6 is 11.3 Å². The summed E-state index contributed by atoms with van der Waals surface area (Å²) in [6.45, 7) is 3.38. The molecule has 4 rings (SSSR count). The van der Waals surface area contributed by atoms with Gasteiger partial charge in [-0.3, -0.25) is 14.4 Å². The van der Waals surface area contributed by atoms with Crippen LogP contribution in [-0.2, 0) is 16.1 Å². The summed E-state index contributed by atoms with van der Waals surface area (Å²) < 4.78 is 0. The Kier molecular flexibility index (Phi) is 5.94. The van der Waals surface area contributed by atoms with E-state index in [0.717, 1.165) is 16.9 Å². The summed E-state index contributed by atoms with van der Waals surface area (Å²) in [6.07, 6.45) is 1.04. The number of nitrogens with zero attached hydrogens (tertiary/aromatic N) is 3. The maximum absolute atomic E-state index is 13.0. The third kappa shape index (κ3) is 4.50. The first-order valence-corrected chi connectivity index (χ1v) is 10.9. The minimum Gasteiger partial charge on any atom is -0.341 e. The summed E-state index contributed by atoms with van der Waals surface area (Å²) in [5, 5.41) is 1.90. The number of rotatable bonds is 4. The standard InChI is InChI=1S/C22H25N3O3S/c26-20-14-18(16-25(20)15-17-6-2-1-3-7-17)21(27)23-9-5-10-24(12-11-23)22(28)19-8-4-13-29-19/h1-4,6-8,13,18H,5,9-12,14-16H2. The predicted octanol–water partition coefficient (Wildman–Crippen LogP) is 2.47. The molecule has 2 saturated heterocycles. The van der Waals surface area contributed by atoms with Crippen molar-refractivity contribution in [3.8, 4) is 0 Å². The molecule has 3 amide bonds. The zero-order valence-electron chi connectivity index (χ0n) is 16.3. The summed E-state index contributed by atoms with van der Waals surface area (Å²) in [4.78, 5) is 44.2. The van der Waals surface area contributed by atoms with Crippen LogP contribution in [0.15, 0.2) is 47.8 Å².